The molecule has 9 aliphatic rings. The van der Waals surface area contributed by atoms with Crippen LogP contribution in [-0.4, -0.2) is 140 Å². The summed E-state index contributed by atoms with van der Waals surface area (Å²) in [5.41, 5.74) is -5.90. The van der Waals surface area contributed by atoms with E-state index in [1.165, 1.54) is 66.7 Å². The molecule has 4 saturated heterocycles. The highest BCUT2D eigenvalue weighted by molar-refractivity contribution is 7.49. The molecule has 7 aromatic rings. The zero-order valence-corrected chi connectivity index (χ0v) is 66.0. The summed E-state index contributed by atoms with van der Waals surface area (Å²) < 4.78 is 296. The number of aliphatic hydroxyl groups is 4. The summed E-state index contributed by atoms with van der Waals surface area (Å²) in [4.78, 5) is 85.8. The van der Waals surface area contributed by atoms with Crippen LogP contribution in [0.1, 0.15) is 74.8 Å². The first kappa shape index (κ1) is 81.4. The number of alkyl halides is 4. The Morgan fingerprint density at radius 2 is 0.775 bits per heavy atom. The third kappa shape index (κ3) is 20.5. The second kappa shape index (κ2) is 34.8. The van der Waals surface area contributed by atoms with Crippen molar-refractivity contribution in [3.63, 3.8) is 0 Å². The quantitative estimate of drug-likeness (QED) is 0.0330. The fraction of sp³-hybridized carbons (Fsp3) is 0.369. The molecule has 3 aromatic heterocycles. The molecule has 0 bridgehead atoms. The normalized spacial score (nSPS) is 33.6. The lowest BCUT2D eigenvalue weighted by atomic mass is 10.1. The van der Waals surface area contributed by atoms with Gasteiger partial charge in [-0.05, 0) is 72.8 Å². The molecular weight excluding hydrogens is 1810 g/mol. The van der Waals surface area contributed by atoms with Crippen molar-refractivity contribution in [1.82, 2.24) is 38.9 Å². The van der Waals surface area contributed by atoms with Crippen molar-refractivity contribution < 1.29 is 160 Å². The van der Waals surface area contributed by atoms with Gasteiger partial charge in [-0.15, -0.1) is 0 Å². The van der Waals surface area contributed by atoms with E-state index in [1.54, 1.807) is 21.0 Å². The van der Waals surface area contributed by atoms with E-state index < -0.39 is 225 Å². The summed E-state index contributed by atoms with van der Waals surface area (Å²) in [6.45, 7) is -6.93. The molecule has 39 nitrogen and oxygen atoms in total. The van der Waals surface area contributed by atoms with E-state index in [9.17, 15) is 89.8 Å². The van der Waals surface area contributed by atoms with Crippen LogP contribution in [0.2, 0.25) is 20.1 Å². The summed E-state index contributed by atoms with van der Waals surface area (Å²) >= 11 is 23.4. The minimum Gasteiger partial charge on any atom is -0.404 e. The fourth-order valence-corrected chi connectivity index (χ4v) is 17.0. The predicted molar refractivity (Wildman–Crippen MR) is 387 cm³/mol. The monoisotopic (exact) mass is 1870 g/mol. The van der Waals surface area contributed by atoms with Gasteiger partial charge in [0.05, 0.1) is 53.2 Å². The molecule has 0 spiro atoms. The van der Waals surface area contributed by atoms with Crippen LogP contribution in [0.15, 0.2) is 145 Å². The number of benzene rings is 4. The molecule has 9 aliphatic heterocycles. The topological polar surface area (TPSA) is 494 Å². The molecule has 8 N–H and O–H groups in total. The molecule has 0 radical (unpaired) electrons. The van der Waals surface area contributed by atoms with E-state index in [1.807, 2.05) is 5.32 Å². The van der Waals surface area contributed by atoms with Crippen LogP contribution in [0.4, 0.5) is 35.1 Å². The van der Waals surface area contributed by atoms with Crippen LogP contribution >= 0.6 is 77.7 Å². The predicted octanol–water partition coefficient (Wildman–Crippen LogP) is 8.89. The Hall–Kier alpha value is -8.25. The van der Waals surface area contributed by atoms with Crippen molar-refractivity contribution in [1.29, 1.82) is 0 Å². The number of hydrogen-bond acceptors (Lipinski definition) is 32. The van der Waals surface area contributed by atoms with Crippen molar-refractivity contribution >= 4 is 83.6 Å². The minimum atomic E-state index is -4.74. The Labute approximate surface area is 691 Å². The van der Waals surface area contributed by atoms with Crippen LogP contribution in [0.5, 0.6) is 23.0 Å². The third-order valence-corrected chi connectivity index (χ3v) is 23.0. The van der Waals surface area contributed by atoms with Crippen LogP contribution < -0.4 is 57.2 Å². The molecule has 0 aliphatic carbocycles. The molecular formula is C65H58Cl4F8N8O31P4. The molecule has 16 rings (SSSR count). The molecule has 120 heavy (non-hydrogen) atoms. The highest BCUT2D eigenvalue weighted by Crippen LogP contribution is 2.60. The number of rotatable bonds is 16. The highest BCUT2D eigenvalue weighted by Gasteiger charge is 2.56. The smallest absolute Gasteiger partial charge is 0.404 e. The van der Waals surface area contributed by atoms with Gasteiger partial charge in [0.1, 0.15) is 79.6 Å². The molecule has 648 valence electrons. The SMILES string of the molecule is O=c1[nH]c(=O)n([C@@H]2O[C@](F)(COP3(=O)OCc4cc(Cl)ccc4O3)C[C@H]2O)cc1F.[2H]C([2H])(OP1(=O)OCc2cc(Cl)ccc2O1)[C@]1(F)C[C@@H](O)[C@H](n2cc(F)c(=O)[nH]c2=O)O1.[2H]C([2H])(OP1(=O)OCc2cc(Cl)ccc2O1)[C@]1(F)C[C@@H](O)[C@]([2H])(N2C=C(F)C(=O)NC2=C)O1.[2H][C@@]1(n2cc(F)c(=O)[nH]c2=O)O[C@](F)(COP2(=O)OCc3cc(Cl)ccc3O2)C[C@H]1O. The van der Waals surface area contributed by atoms with Crippen molar-refractivity contribution in [2.24, 2.45) is 0 Å². The number of halogens is 12. The number of nitrogens with zero attached hydrogens (tertiary/aromatic N) is 4. The highest BCUT2D eigenvalue weighted by atomic mass is 35.5. The van der Waals surface area contributed by atoms with Crippen LogP contribution in [0.3, 0.4) is 0 Å². The number of hydrogen-bond donors (Lipinski definition) is 8. The van der Waals surface area contributed by atoms with Gasteiger partial charge in [0, 0.05) is 74.2 Å². The fourth-order valence-electron chi connectivity index (χ4n) is 11.5. The van der Waals surface area contributed by atoms with E-state index in [0.717, 1.165) is 0 Å². The standard InChI is InChI=1S/C17H16ClF2N2O7P.3C16H14ClF2N2O8P/c1-9-21-15(24)12(19)6-22(9)16-13(23)5-17(20,28-16)8-27-30(25)26-7-10-4-11(18)2-3-14(10)29-30;3*17-9-1-2-12-8(3-9)6-26-30(25,29-12)27-7-16(19)4-11(22)14(28-16)21-5-10(18)13(23)20-15(21)24/h2-4,6,13,16,23H,1,5,7-8H2,(H,21,24);3*1-3,5,11,14,22H,4,6-7H2,(H,20,23,24)/t13-,16-,17+,30?;3*11-,14-,16+,30?/m1111/s1/i8D2,16D;14D;7D2;. The van der Waals surface area contributed by atoms with E-state index in [0.29, 0.717) is 81.2 Å². The van der Waals surface area contributed by atoms with E-state index in [2.05, 4.69) is 6.58 Å². The first-order valence-electron chi connectivity index (χ1n) is 36.6. The number of carbonyl (C=O) groups excluding carboxylic acids is 1. The summed E-state index contributed by atoms with van der Waals surface area (Å²) in [6, 6.07) is 17.3. The van der Waals surface area contributed by atoms with Gasteiger partial charge in [-0.25, -0.2) is 50.2 Å². The molecule has 1 amide bonds. The Balaban J connectivity index is 0.000000144. The second-order valence-electron chi connectivity index (χ2n) is 25.9. The van der Waals surface area contributed by atoms with Crippen molar-refractivity contribution in [3.8, 4) is 23.0 Å². The van der Waals surface area contributed by atoms with E-state index in [4.69, 9.17) is 128 Å². The van der Waals surface area contributed by atoms with Gasteiger partial charge in [-0.3, -0.25) is 84.0 Å². The number of phosphoric ester groups is 4. The summed E-state index contributed by atoms with van der Waals surface area (Å²) in [5, 5.41) is 44.1. The van der Waals surface area contributed by atoms with Gasteiger partial charge in [0.25, 0.3) is 22.6 Å². The molecule has 4 fully saturated rings. The minimum absolute atomic E-state index is 0.000810. The van der Waals surface area contributed by atoms with Gasteiger partial charge in [0.2, 0.25) is 46.7 Å². The molecule has 4 aromatic carbocycles. The first-order chi connectivity index (χ1) is 58.5. The Morgan fingerprint density at radius 3 is 1.18 bits per heavy atom. The number of phosphoric acid groups is 4. The number of fused-ring (bicyclic) bond motifs is 4. The van der Waals surface area contributed by atoms with Crippen molar-refractivity contribution in [3.05, 3.63) is 238 Å². The Morgan fingerprint density at radius 1 is 0.467 bits per heavy atom. The average Bonchev–Trinajstić information content (AvgIpc) is 1.58. The lowest BCUT2D eigenvalue weighted by Gasteiger charge is -2.33. The third-order valence-electron chi connectivity index (χ3n) is 17.1. The number of aromatic amines is 3. The van der Waals surface area contributed by atoms with Crippen LogP contribution in [0, 0.1) is 17.5 Å². The summed E-state index contributed by atoms with van der Waals surface area (Å²) in [7, 11) is -18.0. The lowest BCUT2D eigenvalue weighted by molar-refractivity contribution is -0.184. The molecule has 0 saturated carbocycles. The number of H-pyrrole nitrogens is 3. The van der Waals surface area contributed by atoms with E-state index in [-0.39, 0.29) is 54.0 Å². The van der Waals surface area contributed by atoms with Gasteiger partial charge in [-0.1, -0.05) is 53.0 Å². The summed E-state index contributed by atoms with van der Waals surface area (Å²) in [5.74, 6) is -19.6. The second-order valence-corrected chi connectivity index (χ2v) is 33.9. The Bertz CT molecular complexity index is 6190. The van der Waals surface area contributed by atoms with Gasteiger partial charge < -0.3 is 67.7 Å². The number of aromatic nitrogens is 6. The van der Waals surface area contributed by atoms with Gasteiger partial charge in [0.15, 0.2) is 24.9 Å². The average molecular weight is 1870 g/mol. The number of nitrogens with one attached hydrogen (secondary N) is 4. The van der Waals surface area contributed by atoms with Crippen LogP contribution in [-0.2, 0) is 105 Å². The summed E-state index contributed by atoms with van der Waals surface area (Å²) in [6.07, 6.45) is -19.2. The van der Waals surface area contributed by atoms with Gasteiger partial charge in [-0.2, -0.15) is 17.6 Å². The molecule has 55 heteroatoms. The number of ether oxygens (including phenoxy) is 4. The first-order valence-corrected chi connectivity index (χ1v) is 40.9. The number of carbonyl (C=O) groups is 1. The largest absolute Gasteiger partial charge is 0.530 e. The zero-order chi connectivity index (χ0) is 92.2. The number of amides is 1. The van der Waals surface area contributed by atoms with Crippen molar-refractivity contribution in [2.45, 2.75) is 125 Å². The molecule has 12 heterocycles. The van der Waals surface area contributed by atoms with Crippen LogP contribution in [0.25, 0.3) is 0 Å². The molecule has 16 atom stereocenters. The molecule has 4 unspecified atom stereocenters. The maximum absolute atomic E-state index is 15.7. The maximum Gasteiger partial charge on any atom is 0.530 e. The maximum atomic E-state index is 15.7. The lowest BCUT2D eigenvalue weighted by Crippen LogP contribution is -2.46. The van der Waals surface area contributed by atoms with Crippen molar-refractivity contribution in [2.75, 3.05) is 26.3 Å². The zero-order valence-electron chi connectivity index (χ0n) is 65.4. The van der Waals surface area contributed by atoms with E-state index >= 15 is 17.6 Å². The van der Waals surface area contributed by atoms with Gasteiger partial charge >= 0.3 is 48.4 Å². The number of aliphatic hydroxyl groups excluding tert-OH is 4. The Kier molecular flexibility index (Phi) is 23.6.